The van der Waals surface area contributed by atoms with Crippen LogP contribution in [0.1, 0.15) is 34.2 Å². The third-order valence-corrected chi connectivity index (χ3v) is 4.68. The number of hydrogen-bond donors (Lipinski definition) is 0. The molecule has 1 rings (SSSR count). The summed E-state index contributed by atoms with van der Waals surface area (Å²) in [6.07, 6.45) is 3.67. The Kier molecular flexibility index (Phi) is 5.57. The smallest absolute Gasteiger partial charge is 0.229 e. The van der Waals surface area contributed by atoms with Crippen molar-refractivity contribution in [3.63, 3.8) is 0 Å². The van der Waals surface area contributed by atoms with Crippen molar-refractivity contribution in [2.45, 2.75) is 46.1 Å². The van der Waals surface area contributed by atoms with Crippen molar-refractivity contribution in [1.82, 2.24) is 0 Å². The lowest BCUT2D eigenvalue weighted by molar-refractivity contribution is 0.439. The van der Waals surface area contributed by atoms with E-state index in [0.29, 0.717) is 9.76 Å². The first-order valence-corrected chi connectivity index (χ1v) is 7.47. The first-order valence-electron chi connectivity index (χ1n) is 5.54. The molecule has 0 aliphatic carbocycles. The van der Waals surface area contributed by atoms with Crippen molar-refractivity contribution >= 4 is 21.1 Å². The molecule has 3 heteroatoms. The lowest BCUT2D eigenvalue weighted by Gasteiger charge is -2.04. The maximum Gasteiger partial charge on any atom is 0.229 e. The Labute approximate surface area is 99.8 Å². The standard InChI is InChI=1S/C12H20OSSi/c1-5-11-9(2)14-10(3)12(11)7-6-8-15-13-4/h5-8H2,1-4H3. The average Bonchev–Trinajstić information content (AvgIpc) is 2.48. The first kappa shape index (κ1) is 12.9. The summed E-state index contributed by atoms with van der Waals surface area (Å²) in [6.45, 7) is 6.76. The molecule has 1 heterocycles. The quantitative estimate of drug-likeness (QED) is 0.546. The van der Waals surface area contributed by atoms with Crippen LogP contribution in [0.3, 0.4) is 0 Å². The topological polar surface area (TPSA) is 9.23 Å². The maximum atomic E-state index is 5.10. The summed E-state index contributed by atoms with van der Waals surface area (Å²) in [5.74, 6) is 0. The van der Waals surface area contributed by atoms with Crippen LogP contribution >= 0.6 is 11.3 Å². The summed E-state index contributed by atoms with van der Waals surface area (Å²) < 4.78 is 5.10. The molecule has 0 aliphatic rings. The Morgan fingerprint density at radius 3 is 2.47 bits per heavy atom. The molecular formula is C12H20OSSi. The summed E-state index contributed by atoms with van der Waals surface area (Å²) in [5.41, 5.74) is 3.21. The molecule has 1 nitrogen and oxygen atoms in total. The van der Waals surface area contributed by atoms with Crippen molar-refractivity contribution in [2.24, 2.45) is 0 Å². The number of rotatable bonds is 6. The molecule has 0 bridgehead atoms. The van der Waals surface area contributed by atoms with E-state index in [9.17, 15) is 0 Å². The summed E-state index contributed by atoms with van der Waals surface area (Å²) in [7, 11) is 2.46. The summed E-state index contributed by atoms with van der Waals surface area (Å²) in [5, 5.41) is 0. The molecule has 0 N–H and O–H groups in total. The van der Waals surface area contributed by atoms with Gasteiger partial charge in [-0.15, -0.1) is 11.3 Å². The summed E-state index contributed by atoms with van der Waals surface area (Å²) in [4.78, 5) is 3.03. The van der Waals surface area contributed by atoms with Crippen LogP contribution in [0.5, 0.6) is 0 Å². The monoisotopic (exact) mass is 240 g/mol. The molecule has 0 aliphatic heterocycles. The Balaban J connectivity index is 2.59. The zero-order valence-electron chi connectivity index (χ0n) is 10.1. The van der Waals surface area contributed by atoms with Crippen LogP contribution in [-0.2, 0) is 17.3 Å². The molecule has 0 saturated carbocycles. The van der Waals surface area contributed by atoms with Gasteiger partial charge in [-0.3, -0.25) is 0 Å². The maximum absolute atomic E-state index is 5.10. The molecule has 0 amide bonds. The van der Waals surface area contributed by atoms with Crippen LogP contribution in [0.2, 0.25) is 6.04 Å². The molecule has 15 heavy (non-hydrogen) atoms. The molecular weight excluding hydrogens is 220 g/mol. The van der Waals surface area contributed by atoms with E-state index >= 15 is 0 Å². The SMILES string of the molecule is CCc1c(C)sc(C)c1CCC[Si]OC. The van der Waals surface area contributed by atoms with Crippen molar-refractivity contribution in [3.05, 3.63) is 20.9 Å². The van der Waals surface area contributed by atoms with Gasteiger partial charge in [0.05, 0.1) is 0 Å². The van der Waals surface area contributed by atoms with Crippen molar-refractivity contribution in [1.29, 1.82) is 0 Å². The van der Waals surface area contributed by atoms with E-state index in [1.54, 1.807) is 18.2 Å². The van der Waals surface area contributed by atoms with Crippen LogP contribution < -0.4 is 0 Å². The molecule has 84 valence electrons. The fourth-order valence-electron chi connectivity index (χ4n) is 2.01. The second-order valence-electron chi connectivity index (χ2n) is 3.73. The van der Waals surface area contributed by atoms with Gasteiger partial charge < -0.3 is 4.43 Å². The highest BCUT2D eigenvalue weighted by Gasteiger charge is 2.10. The lowest BCUT2D eigenvalue weighted by atomic mass is 10.0. The highest BCUT2D eigenvalue weighted by molar-refractivity contribution is 7.12. The Bertz CT molecular complexity index is 307. The van der Waals surface area contributed by atoms with Gasteiger partial charge >= 0.3 is 0 Å². The van der Waals surface area contributed by atoms with Crippen LogP contribution in [-0.4, -0.2) is 16.9 Å². The molecule has 0 spiro atoms. The molecule has 0 aromatic carbocycles. The summed E-state index contributed by atoms with van der Waals surface area (Å²) in [6, 6.07) is 1.20. The van der Waals surface area contributed by atoms with E-state index in [0.717, 1.165) is 0 Å². The second-order valence-corrected chi connectivity index (χ2v) is 6.35. The number of hydrogen-bond acceptors (Lipinski definition) is 2. The minimum absolute atomic E-state index is 0.671. The normalized spacial score (nSPS) is 10.9. The highest BCUT2D eigenvalue weighted by atomic mass is 32.1. The average molecular weight is 240 g/mol. The number of thiophene rings is 1. The zero-order valence-corrected chi connectivity index (χ0v) is 12.0. The van der Waals surface area contributed by atoms with Crippen molar-refractivity contribution in [3.8, 4) is 0 Å². The van der Waals surface area contributed by atoms with E-state index in [1.807, 2.05) is 11.3 Å². The third-order valence-electron chi connectivity index (χ3n) is 2.72. The van der Waals surface area contributed by atoms with E-state index in [1.165, 1.54) is 35.1 Å². The Morgan fingerprint density at radius 1 is 1.20 bits per heavy atom. The van der Waals surface area contributed by atoms with Gasteiger partial charge in [-0.1, -0.05) is 6.92 Å². The largest absolute Gasteiger partial charge is 0.421 e. The predicted octanol–water partition coefficient (Wildman–Crippen LogP) is 3.54. The van der Waals surface area contributed by atoms with Crippen LogP contribution in [0, 0.1) is 13.8 Å². The minimum atomic E-state index is 0.671. The predicted molar refractivity (Wildman–Crippen MR) is 69.1 cm³/mol. The van der Waals surface area contributed by atoms with E-state index in [2.05, 4.69) is 20.8 Å². The molecule has 0 unspecified atom stereocenters. The van der Waals surface area contributed by atoms with Gasteiger partial charge in [-0.2, -0.15) is 0 Å². The summed E-state index contributed by atoms with van der Waals surface area (Å²) >= 11 is 1.96. The van der Waals surface area contributed by atoms with Gasteiger partial charge in [0.25, 0.3) is 0 Å². The van der Waals surface area contributed by atoms with Crippen LogP contribution in [0.25, 0.3) is 0 Å². The zero-order chi connectivity index (χ0) is 11.3. The van der Waals surface area contributed by atoms with Gasteiger partial charge in [0.2, 0.25) is 9.76 Å². The van der Waals surface area contributed by atoms with Gasteiger partial charge in [0.1, 0.15) is 0 Å². The van der Waals surface area contributed by atoms with Gasteiger partial charge in [0, 0.05) is 16.9 Å². The highest BCUT2D eigenvalue weighted by Crippen LogP contribution is 2.29. The molecule has 1 aromatic rings. The fraction of sp³-hybridized carbons (Fsp3) is 0.667. The molecule has 1 aromatic heterocycles. The van der Waals surface area contributed by atoms with Crippen LogP contribution in [0.15, 0.2) is 0 Å². The molecule has 0 fully saturated rings. The molecule has 0 atom stereocenters. The van der Waals surface area contributed by atoms with Gasteiger partial charge in [-0.25, -0.2) is 0 Å². The van der Waals surface area contributed by atoms with Crippen molar-refractivity contribution in [2.75, 3.05) is 7.11 Å². The Morgan fingerprint density at radius 2 is 1.87 bits per heavy atom. The van der Waals surface area contributed by atoms with E-state index < -0.39 is 0 Å². The van der Waals surface area contributed by atoms with Gasteiger partial charge in [0.15, 0.2) is 0 Å². The first-order chi connectivity index (χ1) is 7.20. The van der Waals surface area contributed by atoms with Gasteiger partial charge in [-0.05, 0) is 50.3 Å². The molecule has 2 radical (unpaired) electrons. The molecule has 0 saturated heterocycles. The fourth-order valence-corrected chi connectivity index (χ4v) is 3.73. The van der Waals surface area contributed by atoms with E-state index in [4.69, 9.17) is 4.43 Å². The van der Waals surface area contributed by atoms with Crippen molar-refractivity contribution < 1.29 is 4.43 Å². The second kappa shape index (κ2) is 6.46. The van der Waals surface area contributed by atoms with E-state index in [-0.39, 0.29) is 0 Å². The number of aryl methyl sites for hydroxylation is 2. The minimum Gasteiger partial charge on any atom is -0.421 e. The third kappa shape index (κ3) is 3.43. The lowest BCUT2D eigenvalue weighted by Crippen LogP contribution is -1.96. The van der Waals surface area contributed by atoms with Crippen LogP contribution in [0.4, 0.5) is 0 Å². The Hall–Kier alpha value is -0.123.